The Bertz CT molecular complexity index is 429. The van der Waals surface area contributed by atoms with Crippen LogP contribution in [0.3, 0.4) is 0 Å². The van der Waals surface area contributed by atoms with Gasteiger partial charge >= 0.3 is 5.97 Å². The molecule has 0 amide bonds. The molecule has 1 aliphatic rings. The standard InChI is InChI=1S/C13H17NO4/c1-14-7-9(8-14)18-11-6-4-3-5-10(11)12(15)13(16)17-2/h3-6,9,12,15H,7-8H2,1-2H3. The molecule has 1 aromatic rings. The molecule has 0 aliphatic carbocycles. The fourth-order valence-corrected chi connectivity index (χ4v) is 1.95. The lowest BCUT2D eigenvalue weighted by Crippen LogP contribution is -2.51. The summed E-state index contributed by atoms with van der Waals surface area (Å²) in [6, 6.07) is 6.98. The van der Waals surface area contributed by atoms with Crippen LogP contribution in [0.2, 0.25) is 0 Å². The van der Waals surface area contributed by atoms with E-state index in [0.717, 1.165) is 13.1 Å². The van der Waals surface area contributed by atoms with Gasteiger partial charge in [0.15, 0.2) is 6.10 Å². The van der Waals surface area contributed by atoms with E-state index in [2.05, 4.69) is 9.64 Å². The molecule has 1 aromatic carbocycles. The second-order valence-corrected chi connectivity index (χ2v) is 4.42. The van der Waals surface area contributed by atoms with Crippen molar-refractivity contribution >= 4 is 5.97 Å². The lowest BCUT2D eigenvalue weighted by Gasteiger charge is -2.36. The molecule has 0 aromatic heterocycles. The van der Waals surface area contributed by atoms with E-state index in [4.69, 9.17) is 4.74 Å². The molecule has 0 spiro atoms. The average molecular weight is 251 g/mol. The van der Waals surface area contributed by atoms with Crippen molar-refractivity contribution < 1.29 is 19.4 Å². The predicted octanol–water partition coefficient (Wildman–Crippen LogP) is 0.586. The first-order chi connectivity index (χ1) is 8.61. The van der Waals surface area contributed by atoms with Gasteiger partial charge in [-0.2, -0.15) is 0 Å². The molecule has 98 valence electrons. The Labute approximate surface area is 106 Å². The van der Waals surface area contributed by atoms with Crippen LogP contribution < -0.4 is 4.74 Å². The minimum Gasteiger partial charge on any atom is -0.487 e. The van der Waals surface area contributed by atoms with Gasteiger partial charge in [-0.3, -0.25) is 4.90 Å². The Hall–Kier alpha value is -1.59. The number of aliphatic hydroxyl groups is 1. The highest BCUT2D eigenvalue weighted by Gasteiger charge is 2.28. The van der Waals surface area contributed by atoms with Crippen molar-refractivity contribution in [3.63, 3.8) is 0 Å². The summed E-state index contributed by atoms with van der Waals surface area (Å²) >= 11 is 0. The first kappa shape index (κ1) is 12.9. The van der Waals surface area contributed by atoms with Crippen LogP contribution in [0.1, 0.15) is 11.7 Å². The zero-order chi connectivity index (χ0) is 13.1. The van der Waals surface area contributed by atoms with Gasteiger partial charge in [0, 0.05) is 18.7 Å². The summed E-state index contributed by atoms with van der Waals surface area (Å²) in [6.07, 6.45) is -1.19. The fourth-order valence-electron chi connectivity index (χ4n) is 1.95. The predicted molar refractivity (Wildman–Crippen MR) is 65.3 cm³/mol. The van der Waals surface area contributed by atoms with E-state index in [0.29, 0.717) is 11.3 Å². The minimum absolute atomic E-state index is 0.112. The van der Waals surface area contributed by atoms with Gasteiger partial charge in [0.1, 0.15) is 11.9 Å². The van der Waals surface area contributed by atoms with Crippen molar-refractivity contribution in [2.24, 2.45) is 0 Å². The molecule has 1 saturated heterocycles. The molecule has 0 saturated carbocycles. The SMILES string of the molecule is COC(=O)C(O)c1ccccc1OC1CN(C)C1. The van der Waals surface area contributed by atoms with Crippen molar-refractivity contribution in [1.82, 2.24) is 4.90 Å². The van der Waals surface area contributed by atoms with Crippen LogP contribution in [0.4, 0.5) is 0 Å². The monoisotopic (exact) mass is 251 g/mol. The Morgan fingerprint density at radius 2 is 2.11 bits per heavy atom. The number of carbonyl (C=O) groups is 1. The number of rotatable bonds is 4. The molecule has 0 bridgehead atoms. The van der Waals surface area contributed by atoms with Crippen LogP contribution in [0.15, 0.2) is 24.3 Å². The van der Waals surface area contributed by atoms with E-state index in [-0.39, 0.29) is 6.10 Å². The minimum atomic E-state index is -1.30. The van der Waals surface area contributed by atoms with Crippen molar-refractivity contribution in [3.05, 3.63) is 29.8 Å². The number of para-hydroxylation sites is 1. The maximum atomic E-state index is 11.3. The highest BCUT2D eigenvalue weighted by molar-refractivity contribution is 5.77. The van der Waals surface area contributed by atoms with Crippen LogP contribution in [-0.4, -0.2) is 49.3 Å². The van der Waals surface area contributed by atoms with Gasteiger partial charge in [0.05, 0.1) is 7.11 Å². The Morgan fingerprint density at radius 3 is 2.72 bits per heavy atom. The number of aliphatic hydroxyl groups excluding tert-OH is 1. The van der Waals surface area contributed by atoms with E-state index in [1.807, 2.05) is 13.1 Å². The summed E-state index contributed by atoms with van der Waals surface area (Å²) in [5.74, 6) is -0.148. The Morgan fingerprint density at radius 1 is 1.44 bits per heavy atom. The maximum absolute atomic E-state index is 11.3. The number of hydrogen-bond acceptors (Lipinski definition) is 5. The molecule has 1 unspecified atom stereocenters. The number of benzene rings is 1. The summed E-state index contributed by atoms with van der Waals surface area (Å²) in [5.41, 5.74) is 0.443. The van der Waals surface area contributed by atoms with Gasteiger partial charge in [-0.05, 0) is 13.1 Å². The van der Waals surface area contributed by atoms with Gasteiger partial charge in [-0.25, -0.2) is 4.79 Å². The quantitative estimate of drug-likeness (QED) is 0.793. The Kier molecular flexibility index (Phi) is 3.84. The van der Waals surface area contributed by atoms with E-state index in [1.54, 1.807) is 18.2 Å². The van der Waals surface area contributed by atoms with Crippen LogP contribution >= 0.6 is 0 Å². The number of ether oxygens (including phenoxy) is 2. The molecule has 5 heteroatoms. The van der Waals surface area contributed by atoms with E-state index < -0.39 is 12.1 Å². The number of esters is 1. The van der Waals surface area contributed by atoms with Crippen molar-refractivity contribution in [2.75, 3.05) is 27.2 Å². The Balaban J connectivity index is 2.12. The molecular weight excluding hydrogens is 234 g/mol. The molecule has 0 radical (unpaired) electrons. The number of carbonyl (C=O) groups excluding carboxylic acids is 1. The lowest BCUT2D eigenvalue weighted by atomic mass is 10.1. The van der Waals surface area contributed by atoms with E-state index in [1.165, 1.54) is 7.11 Å². The lowest BCUT2D eigenvalue weighted by molar-refractivity contribution is -0.150. The van der Waals surface area contributed by atoms with Crippen LogP contribution in [-0.2, 0) is 9.53 Å². The zero-order valence-corrected chi connectivity index (χ0v) is 10.5. The van der Waals surface area contributed by atoms with E-state index in [9.17, 15) is 9.90 Å². The third-order valence-electron chi connectivity index (χ3n) is 2.96. The number of likely N-dealkylation sites (N-methyl/N-ethyl adjacent to an activating group) is 1. The molecule has 18 heavy (non-hydrogen) atoms. The number of likely N-dealkylation sites (tertiary alicyclic amines) is 1. The summed E-state index contributed by atoms with van der Waals surface area (Å²) in [7, 11) is 3.25. The molecule has 5 nitrogen and oxygen atoms in total. The van der Waals surface area contributed by atoms with Crippen LogP contribution in [0.5, 0.6) is 5.75 Å². The molecule has 1 atom stereocenters. The highest BCUT2D eigenvalue weighted by atomic mass is 16.5. The summed E-state index contributed by atoms with van der Waals surface area (Å²) in [4.78, 5) is 13.5. The summed E-state index contributed by atoms with van der Waals surface area (Å²) < 4.78 is 10.3. The van der Waals surface area contributed by atoms with Gasteiger partial charge in [-0.1, -0.05) is 18.2 Å². The second-order valence-electron chi connectivity index (χ2n) is 4.42. The third-order valence-corrected chi connectivity index (χ3v) is 2.96. The average Bonchev–Trinajstić information content (AvgIpc) is 2.36. The van der Waals surface area contributed by atoms with Crippen molar-refractivity contribution in [1.29, 1.82) is 0 Å². The van der Waals surface area contributed by atoms with Gasteiger partial charge < -0.3 is 14.6 Å². The van der Waals surface area contributed by atoms with Crippen molar-refractivity contribution in [3.8, 4) is 5.75 Å². The van der Waals surface area contributed by atoms with Crippen LogP contribution in [0.25, 0.3) is 0 Å². The number of nitrogens with zero attached hydrogens (tertiary/aromatic N) is 1. The molecule has 1 aliphatic heterocycles. The highest BCUT2D eigenvalue weighted by Crippen LogP contribution is 2.27. The summed E-state index contributed by atoms with van der Waals surface area (Å²) in [6.45, 7) is 1.70. The second kappa shape index (κ2) is 5.37. The maximum Gasteiger partial charge on any atom is 0.339 e. The molecule has 2 rings (SSSR count). The van der Waals surface area contributed by atoms with Crippen molar-refractivity contribution in [2.45, 2.75) is 12.2 Å². The smallest absolute Gasteiger partial charge is 0.339 e. The third kappa shape index (κ3) is 2.63. The van der Waals surface area contributed by atoms with Gasteiger partial charge in [0.2, 0.25) is 0 Å². The van der Waals surface area contributed by atoms with E-state index >= 15 is 0 Å². The van der Waals surface area contributed by atoms with Gasteiger partial charge in [-0.15, -0.1) is 0 Å². The fraction of sp³-hybridized carbons (Fsp3) is 0.462. The zero-order valence-electron chi connectivity index (χ0n) is 10.5. The first-order valence-corrected chi connectivity index (χ1v) is 5.82. The molecule has 1 heterocycles. The molecule has 1 N–H and O–H groups in total. The van der Waals surface area contributed by atoms with Crippen LogP contribution in [0, 0.1) is 0 Å². The number of methoxy groups -OCH3 is 1. The van der Waals surface area contributed by atoms with Gasteiger partial charge in [0.25, 0.3) is 0 Å². The molecular formula is C13H17NO4. The largest absolute Gasteiger partial charge is 0.487 e. The topological polar surface area (TPSA) is 59.0 Å². The first-order valence-electron chi connectivity index (χ1n) is 5.82. The normalized spacial score (nSPS) is 17.9. The number of hydrogen-bond donors (Lipinski definition) is 1. The summed E-state index contributed by atoms with van der Waals surface area (Å²) in [5, 5.41) is 9.86. The molecule has 1 fully saturated rings.